The smallest absolute Gasteiger partial charge is 0.324 e. The Kier molecular flexibility index (Phi) is 4.80. The minimum atomic E-state index is -0.864. The van der Waals surface area contributed by atoms with Crippen molar-refractivity contribution >= 4 is 17.7 Å². The fourth-order valence-corrected chi connectivity index (χ4v) is 2.70. The molecule has 0 aliphatic carbocycles. The molecular weight excluding hydrogens is 272 g/mol. The molecule has 0 bridgehead atoms. The maximum atomic E-state index is 12.6. The second kappa shape index (κ2) is 6.58. The molecule has 1 aliphatic heterocycles. The van der Waals surface area contributed by atoms with Crippen LogP contribution in [0.4, 0.5) is 10.5 Å². The van der Waals surface area contributed by atoms with E-state index in [4.69, 9.17) is 5.11 Å². The number of urea groups is 1. The number of para-hydroxylation sites is 1. The van der Waals surface area contributed by atoms with Gasteiger partial charge in [-0.15, -0.1) is 0 Å². The van der Waals surface area contributed by atoms with Crippen LogP contribution >= 0.6 is 0 Å². The standard InChI is InChI=1S/C15H20N2O4/c1-2-16(9-10-18)15(21)17-8-7-12(14(19)20)11-5-3-4-6-13(11)17/h3-6,12,18H,2,7-10H2,1H3,(H,19,20). The first-order chi connectivity index (χ1) is 10.1. The van der Waals surface area contributed by atoms with Gasteiger partial charge in [-0.2, -0.15) is 0 Å². The van der Waals surface area contributed by atoms with Gasteiger partial charge < -0.3 is 15.1 Å². The number of amides is 2. The average Bonchev–Trinajstić information content (AvgIpc) is 2.50. The zero-order valence-corrected chi connectivity index (χ0v) is 12.0. The van der Waals surface area contributed by atoms with Gasteiger partial charge in [-0.1, -0.05) is 18.2 Å². The van der Waals surface area contributed by atoms with E-state index < -0.39 is 11.9 Å². The molecule has 1 unspecified atom stereocenters. The molecule has 1 aromatic carbocycles. The Hall–Kier alpha value is -2.08. The van der Waals surface area contributed by atoms with Gasteiger partial charge in [-0.05, 0) is 25.0 Å². The number of aliphatic hydroxyl groups is 1. The molecule has 114 valence electrons. The van der Waals surface area contributed by atoms with Gasteiger partial charge in [0.05, 0.1) is 12.5 Å². The summed E-state index contributed by atoms with van der Waals surface area (Å²) in [5.41, 5.74) is 1.32. The summed E-state index contributed by atoms with van der Waals surface area (Å²) >= 11 is 0. The first kappa shape index (κ1) is 15.3. The highest BCUT2D eigenvalue weighted by atomic mass is 16.4. The number of likely N-dealkylation sites (N-methyl/N-ethyl adjacent to an activating group) is 1. The molecule has 0 aromatic heterocycles. The highest BCUT2D eigenvalue weighted by Gasteiger charge is 2.33. The molecule has 0 radical (unpaired) electrons. The molecule has 1 atom stereocenters. The quantitative estimate of drug-likeness (QED) is 0.881. The van der Waals surface area contributed by atoms with Crippen LogP contribution in [-0.2, 0) is 4.79 Å². The van der Waals surface area contributed by atoms with E-state index in [2.05, 4.69) is 0 Å². The fourth-order valence-electron chi connectivity index (χ4n) is 2.70. The summed E-state index contributed by atoms with van der Waals surface area (Å²) in [6.07, 6.45) is 0.398. The van der Waals surface area contributed by atoms with E-state index in [0.29, 0.717) is 30.8 Å². The molecule has 0 spiro atoms. The van der Waals surface area contributed by atoms with Crippen molar-refractivity contribution in [3.63, 3.8) is 0 Å². The lowest BCUT2D eigenvalue weighted by Crippen LogP contribution is -2.47. The second-order valence-corrected chi connectivity index (χ2v) is 4.98. The number of carbonyl (C=O) groups is 2. The predicted octanol–water partition coefficient (Wildman–Crippen LogP) is 1.50. The number of aliphatic hydroxyl groups excluding tert-OH is 1. The number of carbonyl (C=O) groups excluding carboxylic acids is 1. The number of anilines is 1. The summed E-state index contributed by atoms with van der Waals surface area (Å²) in [4.78, 5) is 27.0. The second-order valence-electron chi connectivity index (χ2n) is 4.98. The maximum absolute atomic E-state index is 12.6. The summed E-state index contributed by atoms with van der Waals surface area (Å²) in [5.74, 6) is -1.43. The van der Waals surface area contributed by atoms with Crippen molar-refractivity contribution in [1.82, 2.24) is 4.90 Å². The lowest BCUT2D eigenvalue weighted by molar-refractivity contribution is -0.139. The molecule has 0 fully saturated rings. The van der Waals surface area contributed by atoms with Crippen LogP contribution in [0.1, 0.15) is 24.8 Å². The number of aliphatic carboxylic acids is 1. The summed E-state index contributed by atoms with van der Waals surface area (Å²) in [6, 6.07) is 6.92. The molecule has 2 amide bonds. The largest absolute Gasteiger partial charge is 0.481 e. The van der Waals surface area contributed by atoms with Crippen LogP contribution in [0.15, 0.2) is 24.3 Å². The van der Waals surface area contributed by atoms with Crippen molar-refractivity contribution in [2.24, 2.45) is 0 Å². The Balaban J connectivity index is 2.32. The van der Waals surface area contributed by atoms with Crippen LogP contribution in [0.25, 0.3) is 0 Å². The molecule has 6 heteroatoms. The van der Waals surface area contributed by atoms with E-state index in [9.17, 15) is 14.7 Å². The number of hydrogen-bond acceptors (Lipinski definition) is 3. The van der Waals surface area contributed by atoms with Gasteiger partial charge in [-0.3, -0.25) is 9.69 Å². The molecule has 0 saturated heterocycles. The molecule has 6 nitrogen and oxygen atoms in total. The van der Waals surface area contributed by atoms with E-state index in [1.165, 1.54) is 0 Å². The third-order valence-corrected chi connectivity index (χ3v) is 3.80. The molecule has 1 aromatic rings. The van der Waals surface area contributed by atoms with Gasteiger partial charge in [0.25, 0.3) is 0 Å². The molecule has 2 rings (SSSR count). The number of rotatable bonds is 4. The van der Waals surface area contributed by atoms with E-state index in [-0.39, 0.29) is 19.2 Å². The van der Waals surface area contributed by atoms with Crippen LogP contribution in [0.5, 0.6) is 0 Å². The van der Waals surface area contributed by atoms with Crippen LogP contribution in [0.3, 0.4) is 0 Å². The fraction of sp³-hybridized carbons (Fsp3) is 0.467. The summed E-state index contributed by atoms with van der Waals surface area (Å²) in [5, 5.41) is 18.3. The van der Waals surface area contributed by atoms with E-state index in [1.807, 2.05) is 6.92 Å². The van der Waals surface area contributed by atoms with Crippen LogP contribution in [0, 0.1) is 0 Å². The Labute approximate surface area is 123 Å². The number of fused-ring (bicyclic) bond motifs is 1. The highest BCUT2D eigenvalue weighted by Crippen LogP contribution is 2.35. The van der Waals surface area contributed by atoms with E-state index >= 15 is 0 Å². The lowest BCUT2D eigenvalue weighted by atomic mass is 9.90. The van der Waals surface area contributed by atoms with E-state index in [0.717, 1.165) is 0 Å². The van der Waals surface area contributed by atoms with Gasteiger partial charge in [0.15, 0.2) is 0 Å². The SMILES string of the molecule is CCN(CCO)C(=O)N1CCC(C(=O)O)c2ccccc21. The Bertz CT molecular complexity index is 532. The van der Waals surface area contributed by atoms with Gasteiger partial charge >= 0.3 is 12.0 Å². The average molecular weight is 292 g/mol. The van der Waals surface area contributed by atoms with Gasteiger partial charge in [0, 0.05) is 25.3 Å². The minimum absolute atomic E-state index is 0.0905. The van der Waals surface area contributed by atoms with Crippen molar-refractivity contribution in [2.75, 3.05) is 31.1 Å². The monoisotopic (exact) mass is 292 g/mol. The lowest BCUT2D eigenvalue weighted by Gasteiger charge is -2.35. The predicted molar refractivity (Wildman–Crippen MR) is 78.5 cm³/mol. The minimum Gasteiger partial charge on any atom is -0.481 e. The van der Waals surface area contributed by atoms with Gasteiger partial charge in [0.2, 0.25) is 0 Å². The zero-order valence-electron chi connectivity index (χ0n) is 12.0. The number of nitrogens with zero attached hydrogens (tertiary/aromatic N) is 2. The first-order valence-electron chi connectivity index (χ1n) is 7.09. The normalized spacial score (nSPS) is 17.2. The van der Waals surface area contributed by atoms with Crippen molar-refractivity contribution < 1.29 is 19.8 Å². The van der Waals surface area contributed by atoms with Crippen LogP contribution < -0.4 is 4.90 Å². The van der Waals surface area contributed by atoms with E-state index in [1.54, 1.807) is 34.1 Å². The molecule has 1 heterocycles. The third-order valence-electron chi connectivity index (χ3n) is 3.80. The topological polar surface area (TPSA) is 81.1 Å². The maximum Gasteiger partial charge on any atom is 0.324 e. The molecule has 0 saturated carbocycles. The Morgan fingerprint density at radius 3 is 2.71 bits per heavy atom. The number of carboxylic acid groups (broad SMARTS) is 1. The molecular formula is C15H20N2O4. The summed E-state index contributed by atoms with van der Waals surface area (Å²) < 4.78 is 0. The highest BCUT2D eigenvalue weighted by molar-refractivity contribution is 5.95. The number of carboxylic acids is 1. The van der Waals surface area contributed by atoms with Crippen molar-refractivity contribution in [3.05, 3.63) is 29.8 Å². The van der Waals surface area contributed by atoms with Crippen molar-refractivity contribution in [1.29, 1.82) is 0 Å². The number of benzene rings is 1. The number of hydrogen-bond donors (Lipinski definition) is 2. The summed E-state index contributed by atoms with van der Waals surface area (Å²) in [7, 11) is 0. The Morgan fingerprint density at radius 2 is 2.10 bits per heavy atom. The zero-order chi connectivity index (χ0) is 15.4. The van der Waals surface area contributed by atoms with Crippen molar-refractivity contribution in [3.8, 4) is 0 Å². The van der Waals surface area contributed by atoms with Crippen LogP contribution in [0.2, 0.25) is 0 Å². The third kappa shape index (κ3) is 3.00. The molecule has 2 N–H and O–H groups in total. The molecule has 1 aliphatic rings. The van der Waals surface area contributed by atoms with Crippen LogP contribution in [-0.4, -0.2) is 53.4 Å². The first-order valence-corrected chi connectivity index (χ1v) is 7.09. The summed E-state index contributed by atoms with van der Waals surface area (Å²) in [6.45, 7) is 2.90. The molecule has 21 heavy (non-hydrogen) atoms. The van der Waals surface area contributed by atoms with Crippen molar-refractivity contribution in [2.45, 2.75) is 19.3 Å². The van der Waals surface area contributed by atoms with Gasteiger partial charge in [-0.25, -0.2) is 4.79 Å². The Morgan fingerprint density at radius 1 is 1.38 bits per heavy atom. The van der Waals surface area contributed by atoms with Gasteiger partial charge in [0.1, 0.15) is 0 Å².